The molecule has 3 amide bonds. The Bertz CT molecular complexity index is 873. The topological polar surface area (TPSA) is 92.8 Å². The highest BCUT2D eigenvalue weighted by molar-refractivity contribution is 9.10. The molecule has 1 N–H and O–H groups in total. The lowest BCUT2D eigenvalue weighted by Gasteiger charge is -2.23. The molecular formula is C21H23BrN2O5. The highest BCUT2D eigenvalue weighted by Gasteiger charge is 2.62. The van der Waals surface area contributed by atoms with E-state index < -0.39 is 24.5 Å². The zero-order valence-corrected chi connectivity index (χ0v) is 17.9. The molecule has 3 aliphatic rings. The molecule has 1 aromatic rings. The molecule has 154 valence electrons. The van der Waals surface area contributed by atoms with E-state index in [1.165, 1.54) is 6.92 Å². The Morgan fingerprint density at radius 1 is 1.21 bits per heavy atom. The van der Waals surface area contributed by atoms with Crippen LogP contribution in [0.15, 0.2) is 22.7 Å². The number of esters is 1. The maximum absolute atomic E-state index is 12.8. The lowest BCUT2D eigenvalue weighted by Crippen LogP contribution is -2.45. The van der Waals surface area contributed by atoms with Crippen LogP contribution in [0.2, 0.25) is 0 Å². The number of rotatable bonds is 5. The summed E-state index contributed by atoms with van der Waals surface area (Å²) in [5.74, 6) is -1.79. The average Bonchev–Trinajstić information content (AvgIpc) is 3.36. The molecule has 2 aliphatic carbocycles. The number of ether oxygens (including phenoxy) is 1. The number of benzene rings is 1. The molecule has 2 saturated carbocycles. The van der Waals surface area contributed by atoms with Crippen LogP contribution in [0.5, 0.6) is 0 Å². The van der Waals surface area contributed by atoms with E-state index in [0.29, 0.717) is 5.69 Å². The molecule has 0 unspecified atom stereocenters. The van der Waals surface area contributed by atoms with Crippen molar-refractivity contribution < 1.29 is 23.9 Å². The fourth-order valence-corrected chi connectivity index (χ4v) is 5.34. The van der Waals surface area contributed by atoms with Crippen molar-refractivity contribution in [3.8, 4) is 0 Å². The number of carbonyl (C=O) groups is 4. The van der Waals surface area contributed by atoms with E-state index in [-0.39, 0.29) is 35.5 Å². The van der Waals surface area contributed by atoms with Gasteiger partial charge in [0.25, 0.3) is 5.91 Å². The lowest BCUT2D eigenvalue weighted by atomic mass is 9.81. The van der Waals surface area contributed by atoms with E-state index in [1.807, 2.05) is 13.0 Å². The van der Waals surface area contributed by atoms with Crippen molar-refractivity contribution in [1.82, 2.24) is 4.90 Å². The quantitative estimate of drug-likeness (QED) is 0.536. The largest absolute Gasteiger partial charge is 0.454 e. The van der Waals surface area contributed by atoms with Gasteiger partial charge in [-0.1, -0.05) is 15.9 Å². The molecule has 1 aromatic carbocycles. The van der Waals surface area contributed by atoms with Crippen molar-refractivity contribution in [1.29, 1.82) is 0 Å². The summed E-state index contributed by atoms with van der Waals surface area (Å²) >= 11 is 3.39. The monoisotopic (exact) mass is 462 g/mol. The van der Waals surface area contributed by atoms with Gasteiger partial charge in [0.2, 0.25) is 11.8 Å². The molecule has 7 nitrogen and oxygen atoms in total. The van der Waals surface area contributed by atoms with E-state index in [9.17, 15) is 19.2 Å². The number of fused-ring (bicyclic) bond motifs is 5. The number of halogens is 1. The van der Waals surface area contributed by atoms with Crippen LogP contribution in [0.1, 0.15) is 31.7 Å². The Balaban J connectivity index is 1.34. The van der Waals surface area contributed by atoms with Gasteiger partial charge >= 0.3 is 5.97 Å². The number of imide groups is 1. The van der Waals surface area contributed by atoms with E-state index in [4.69, 9.17) is 4.74 Å². The van der Waals surface area contributed by atoms with Gasteiger partial charge in [-0.3, -0.25) is 19.3 Å². The van der Waals surface area contributed by atoms with E-state index in [1.54, 1.807) is 12.1 Å². The standard InChI is InChI=1S/C21H23BrN2O5/c1-10-7-14(5-6-15(10)22)23-16(25)9-29-21(28)11(2)24-19(26)17-12-3-4-13(8-12)18(17)20(24)27/h5-7,11-13,17-18H,3-4,8-9H2,1-2H3,(H,23,25)/t11-,12-,13-,17-,18-/m0/s1. The van der Waals surface area contributed by atoms with Gasteiger partial charge in [0.05, 0.1) is 11.8 Å². The summed E-state index contributed by atoms with van der Waals surface area (Å²) in [4.78, 5) is 51.2. The Kier molecular flexibility index (Phi) is 5.23. The Hall–Kier alpha value is -2.22. The molecule has 2 bridgehead atoms. The summed E-state index contributed by atoms with van der Waals surface area (Å²) in [6.07, 6.45) is 2.90. The Morgan fingerprint density at radius 2 is 1.83 bits per heavy atom. The van der Waals surface area contributed by atoms with Crippen molar-refractivity contribution in [2.45, 2.75) is 39.2 Å². The first-order chi connectivity index (χ1) is 13.8. The number of nitrogens with zero attached hydrogens (tertiary/aromatic N) is 1. The molecule has 8 heteroatoms. The van der Waals surface area contributed by atoms with Crippen LogP contribution in [0, 0.1) is 30.6 Å². The van der Waals surface area contributed by atoms with E-state index in [0.717, 1.165) is 34.2 Å². The molecule has 0 aromatic heterocycles. The number of carbonyl (C=O) groups excluding carboxylic acids is 4. The van der Waals surface area contributed by atoms with Crippen LogP contribution in [-0.2, 0) is 23.9 Å². The predicted molar refractivity (Wildman–Crippen MR) is 108 cm³/mol. The number of anilines is 1. The summed E-state index contributed by atoms with van der Waals surface area (Å²) in [6, 6.07) is 4.31. The molecule has 1 saturated heterocycles. The first kappa shape index (κ1) is 20.1. The van der Waals surface area contributed by atoms with Gasteiger partial charge in [0, 0.05) is 10.2 Å². The second kappa shape index (κ2) is 7.55. The fraction of sp³-hybridized carbons (Fsp3) is 0.524. The summed E-state index contributed by atoms with van der Waals surface area (Å²) in [5, 5.41) is 2.66. The summed E-state index contributed by atoms with van der Waals surface area (Å²) < 4.78 is 6.01. The maximum atomic E-state index is 12.8. The Labute approximate surface area is 177 Å². The second-order valence-corrected chi connectivity index (χ2v) is 9.08. The molecule has 0 spiro atoms. The zero-order valence-electron chi connectivity index (χ0n) is 16.3. The Morgan fingerprint density at radius 3 is 2.41 bits per heavy atom. The minimum atomic E-state index is -1.03. The number of likely N-dealkylation sites (tertiary alicyclic amines) is 1. The van der Waals surface area contributed by atoms with Gasteiger partial charge in [0.1, 0.15) is 6.04 Å². The third-order valence-electron chi connectivity index (χ3n) is 6.48. The van der Waals surface area contributed by atoms with E-state index in [2.05, 4.69) is 21.2 Å². The summed E-state index contributed by atoms with van der Waals surface area (Å²) in [6.45, 7) is 2.90. The minimum Gasteiger partial charge on any atom is -0.454 e. The number of nitrogens with one attached hydrogen (secondary N) is 1. The number of amides is 3. The normalized spacial score (nSPS) is 28.4. The second-order valence-electron chi connectivity index (χ2n) is 8.23. The van der Waals surface area contributed by atoms with Gasteiger partial charge in [0.15, 0.2) is 6.61 Å². The highest BCUT2D eigenvalue weighted by Crippen LogP contribution is 2.56. The first-order valence-electron chi connectivity index (χ1n) is 9.87. The van der Waals surface area contributed by atoms with Crippen LogP contribution in [0.25, 0.3) is 0 Å². The number of hydrogen-bond acceptors (Lipinski definition) is 5. The van der Waals surface area contributed by atoms with Crippen molar-refractivity contribution in [3.05, 3.63) is 28.2 Å². The third-order valence-corrected chi connectivity index (χ3v) is 7.37. The van der Waals surface area contributed by atoms with Crippen molar-refractivity contribution in [2.24, 2.45) is 23.7 Å². The van der Waals surface area contributed by atoms with Crippen LogP contribution >= 0.6 is 15.9 Å². The van der Waals surface area contributed by atoms with Crippen molar-refractivity contribution >= 4 is 45.3 Å². The van der Waals surface area contributed by atoms with Crippen LogP contribution in [0.3, 0.4) is 0 Å². The molecule has 1 heterocycles. The molecular weight excluding hydrogens is 440 g/mol. The highest BCUT2D eigenvalue weighted by atomic mass is 79.9. The third kappa shape index (κ3) is 3.47. The molecule has 0 radical (unpaired) electrons. The van der Waals surface area contributed by atoms with Gasteiger partial charge in [-0.05, 0) is 68.7 Å². The summed E-state index contributed by atoms with van der Waals surface area (Å²) in [5.41, 5.74) is 1.55. The maximum Gasteiger partial charge on any atom is 0.329 e. The molecule has 5 atom stereocenters. The molecule has 3 fully saturated rings. The predicted octanol–water partition coefficient (Wildman–Crippen LogP) is 2.66. The fourth-order valence-electron chi connectivity index (χ4n) is 5.10. The minimum absolute atomic E-state index is 0.258. The number of aryl methyl sites for hydroxylation is 1. The van der Waals surface area contributed by atoms with Gasteiger partial charge in [-0.25, -0.2) is 4.79 Å². The average molecular weight is 463 g/mol. The lowest BCUT2D eigenvalue weighted by molar-refractivity contribution is -0.159. The van der Waals surface area contributed by atoms with Gasteiger partial charge in [-0.2, -0.15) is 0 Å². The summed E-state index contributed by atoms with van der Waals surface area (Å²) in [7, 11) is 0. The molecule has 1 aliphatic heterocycles. The van der Waals surface area contributed by atoms with Crippen molar-refractivity contribution in [3.63, 3.8) is 0 Å². The molecule has 4 rings (SSSR count). The van der Waals surface area contributed by atoms with Crippen LogP contribution in [0.4, 0.5) is 5.69 Å². The van der Waals surface area contributed by atoms with Crippen LogP contribution < -0.4 is 5.32 Å². The smallest absolute Gasteiger partial charge is 0.329 e. The zero-order chi connectivity index (χ0) is 20.9. The van der Waals surface area contributed by atoms with Gasteiger partial charge in [-0.15, -0.1) is 0 Å². The van der Waals surface area contributed by atoms with Crippen molar-refractivity contribution in [2.75, 3.05) is 11.9 Å². The van der Waals surface area contributed by atoms with E-state index >= 15 is 0 Å². The van der Waals surface area contributed by atoms with Gasteiger partial charge < -0.3 is 10.1 Å². The first-order valence-corrected chi connectivity index (χ1v) is 10.7. The number of hydrogen-bond donors (Lipinski definition) is 1. The molecule has 29 heavy (non-hydrogen) atoms. The van der Waals surface area contributed by atoms with Crippen LogP contribution in [-0.4, -0.2) is 41.2 Å². The SMILES string of the molecule is Cc1cc(NC(=O)COC(=O)[C@H](C)N2C(=O)[C@H]3[C@H]4CC[C@@H](C4)[C@@H]3C2=O)ccc1Br.